The molecule has 0 amide bonds. The van der Waals surface area contributed by atoms with Crippen molar-refractivity contribution in [2.75, 3.05) is 31.2 Å². The van der Waals surface area contributed by atoms with Gasteiger partial charge in [0.1, 0.15) is 11.4 Å². The summed E-state index contributed by atoms with van der Waals surface area (Å²) in [6, 6.07) is 0. The van der Waals surface area contributed by atoms with E-state index < -0.39 is 5.97 Å². The first-order chi connectivity index (χ1) is 10.4. The van der Waals surface area contributed by atoms with Crippen LogP contribution >= 0.6 is 0 Å². The van der Waals surface area contributed by atoms with Crippen molar-refractivity contribution >= 4 is 11.8 Å². The van der Waals surface area contributed by atoms with Crippen LogP contribution in [0.1, 0.15) is 37.2 Å². The highest BCUT2D eigenvalue weighted by Crippen LogP contribution is 2.35. The smallest absolute Gasteiger partial charge is 0.356 e. The summed E-state index contributed by atoms with van der Waals surface area (Å²) in [4.78, 5) is 21.2. The number of carbonyl (C=O) groups is 1. The number of anilines is 1. The molecule has 7 heteroatoms. The highest BCUT2D eigenvalue weighted by atomic mass is 16.6. The van der Waals surface area contributed by atoms with Crippen molar-refractivity contribution in [1.29, 1.82) is 0 Å². The Morgan fingerprint density at radius 1 is 1.32 bits per heavy atom. The number of hydrogen-bond donors (Lipinski definition) is 1. The molecule has 0 aliphatic carbocycles. The molecule has 22 heavy (non-hydrogen) atoms. The van der Waals surface area contributed by atoms with Gasteiger partial charge in [0.15, 0.2) is 5.69 Å². The summed E-state index contributed by atoms with van der Waals surface area (Å²) in [5.41, 5.74) is -0.703. The van der Waals surface area contributed by atoms with Crippen LogP contribution in [0.3, 0.4) is 0 Å². The molecule has 1 atom stereocenters. The predicted octanol–water partition coefficient (Wildman–Crippen LogP) is 1.34. The maximum Gasteiger partial charge on any atom is 0.356 e. The lowest BCUT2D eigenvalue weighted by Gasteiger charge is -2.51. The van der Waals surface area contributed by atoms with E-state index in [-0.39, 0.29) is 16.9 Å². The third-order valence-corrected chi connectivity index (χ3v) is 4.01. The molecule has 1 aromatic rings. The second-order valence-electron chi connectivity index (χ2n) is 6.62. The molecule has 7 nitrogen and oxygen atoms in total. The van der Waals surface area contributed by atoms with Crippen molar-refractivity contribution in [3.8, 4) is 0 Å². The Balaban J connectivity index is 1.84. The summed E-state index contributed by atoms with van der Waals surface area (Å²) >= 11 is 0. The van der Waals surface area contributed by atoms with Gasteiger partial charge in [0.25, 0.3) is 0 Å². The lowest BCUT2D eigenvalue weighted by molar-refractivity contribution is -0.197. The molecular weight excluding hydrogens is 286 g/mol. The van der Waals surface area contributed by atoms with Gasteiger partial charge in [0.05, 0.1) is 31.1 Å². The lowest BCUT2D eigenvalue weighted by Crippen LogP contribution is -2.62. The van der Waals surface area contributed by atoms with Crippen LogP contribution in [0.4, 0.5) is 5.82 Å². The van der Waals surface area contributed by atoms with Crippen LogP contribution in [0, 0.1) is 0 Å². The second kappa shape index (κ2) is 5.48. The Bertz CT molecular complexity index is 552. The molecule has 1 spiro atoms. The summed E-state index contributed by atoms with van der Waals surface area (Å²) in [6.07, 6.45) is 4.74. The van der Waals surface area contributed by atoms with Gasteiger partial charge < -0.3 is 19.5 Å². The van der Waals surface area contributed by atoms with Crippen molar-refractivity contribution < 1.29 is 19.4 Å². The number of nitrogens with zero attached hydrogens (tertiary/aromatic N) is 3. The Hall–Kier alpha value is -1.73. The monoisotopic (exact) mass is 307 g/mol. The topological polar surface area (TPSA) is 84.8 Å². The van der Waals surface area contributed by atoms with E-state index in [0.717, 1.165) is 19.4 Å². The third-order valence-electron chi connectivity index (χ3n) is 4.01. The first kappa shape index (κ1) is 15.2. The molecule has 2 aliphatic heterocycles. The zero-order valence-electron chi connectivity index (χ0n) is 12.9. The van der Waals surface area contributed by atoms with E-state index in [2.05, 4.69) is 28.7 Å². The average Bonchev–Trinajstić information content (AvgIpc) is 2.46. The van der Waals surface area contributed by atoms with E-state index in [0.29, 0.717) is 25.5 Å². The van der Waals surface area contributed by atoms with E-state index >= 15 is 0 Å². The summed E-state index contributed by atoms with van der Waals surface area (Å²) in [6.45, 7) is 6.81. The first-order valence-corrected chi connectivity index (χ1v) is 7.47. The summed E-state index contributed by atoms with van der Waals surface area (Å²) in [7, 11) is 0. The van der Waals surface area contributed by atoms with Crippen molar-refractivity contribution in [2.24, 2.45) is 0 Å². The van der Waals surface area contributed by atoms with Crippen molar-refractivity contribution in [3.05, 3.63) is 18.1 Å². The fraction of sp³-hybridized carbons (Fsp3) is 0.667. The molecule has 0 saturated carbocycles. The van der Waals surface area contributed by atoms with Crippen molar-refractivity contribution in [3.63, 3.8) is 0 Å². The molecule has 2 fully saturated rings. The van der Waals surface area contributed by atoms with Crippen LogP contribution in [0.25, 0.3) is 0 Å². The van der Waals surface area contributed by atoms with Gasteiger partial charge in [-0.1, -0.05) is 0 Å². The number of rotatable bonds is 2. The number of aromatic nitrogens is 2. The summed E-state index contributed by atoms with van der Waals surface area (Å²) in [5.74, 6) is -0.398. The van der Waals surface area contributed by atoms with E-state index in [1.165, 1.54) is 12.4 Å². The minimum atomic E-state index is -1.07. The van der Waals surface area contributed by atoms with E-state index in [1.54, 1.807) is 0 Å². The molecule has 2 saturated heterocycles. The maximum atomic E-state index is 10.9. The number of carboxylic acid groups (broad SMARTS) is 1. The van der Waals surface area contributed by atoms with Gasteiger partial charge in [0, 0.05) is 13.2 Å². The Morgan fingerprint density at radius 3 is 2.73 bits per heavy atom. The van der Waals surface area contributed by atoms with Crippen molar-refractivity contribution in [1.82, 2.24) is 9.97 Å². The van der Waals surface area contributed by atoms with Gasteiger partial charge >= 0.3 is 5.97 Å². The maximum absolute atomic E-state index is 10.9. The minimum Gasteiger partial charge on any atom is -0.476 e. The molecule has 3 heterocycles. The van der Waals surface area contributed by atoms with Crippen LogP contribution in [0.15, 0.2) is 12.4 Å². The van der Waals surface area contributed by atoms with Crippen LogP contribution < -0.4 is 4.90 Å². The van der Waals surface area contributed by atoms with Crippen molar-refractivity contribution in [2.45, 2.75) is 37.9 Å². The van der Waals surface area contributed by atoms with Gasteiger partial charge in [-0.25, -0.2) is 14.8 Å². The largest absolute Gasteiger partial charge is 0.476 e. The average molecular weight is 307 g/mol. The molecule has 0 radical (unpaired) electrons. The first-order valence-electron chi connectivity index (χ1n) is 7.47. The number of hydrogen-bond acceptors (Lipinski definition) is 6. The molecule has 1 N–H and O–H groups in total. The zero-order valence-corrected chi connectivity index (χ0v) is 12.9. The molecular formula is C15H21N3O4. The number of aromatic carboxylic acids is 1. The fourth-order valence-electron chi connectivity index (χ4n) is 3.30. The minimum absolute atomic E-state index is 0.0491. The normalized spacial score (nSPS) is 27.8. The van der Waals surface area contributed by atoms with E-state index in [9.17, 15) is 4.79 Å². The second-order valence-corrected chi connectivity index (χ2v) is 6.62. The Labute approximate surface area is 129 Å². The number of morpholine rings is 1. The SMILES string of the molecule is CC1(C)CN(c2cnc(C(=O)O)cn2)CC2(CCCOC2)O1. The number of carboxylic acids is 1. The van der Waals surface area contributed by atoms with E-state index in [1.807, 2.05) is 0 Å². The standard InChI is InChI=1S/C15H21N3O4/c1-14(2)8-18(9-15(22-14)4-3-5-21-10-15)12-7-16-11(6-17-12)13(19)20/h6-7H,3-5,8-10H2,1-2H3,(H,19,20). The molecule has 1 aromatic heterocycles. The van der Waals surface area contributed by atoms with Crippen LogP contribution in [0.2, 0.25) is 0 Å². The van der Waals surface area contributed by atoms with Gasteiger partial charge in [-0.15, -0.1) is 0 Å². The molecule has 0 aromatic carbocycles. The molecule has 3 rings (SSSR count). The highest BCUT2D eigenvalue weighted by molar-refractivity contribution is 5.84. The quantitative estimate of drug-likeness (QED) is 0.882. The van der Waals surface area contributed by atoms with Gasteiger partial charge in [-0.2, -0.15) is 0 Å². The molecule has 2 aliphatic rings. The summed E-state index contributed by atoms with van der Waals surface area (Å²) in [5, 5.41) is 8.92. The van der Waals surface area contributed by atoms with Gasteiger partial charge in [0.2, 0.25) is 0 Å². The zero-order chi connectivity index (χ0) is 15.8. The lowest BCUT2D eigenvalue weighted by atomic mass is 9.90. The van der Waals surface area contributed by atoms with Crippen LogP contribution in [-0.2, 0) is 9.47 Å². The molecule has 1 unspecified atom stereocenters. The van der Waals surface area contributed by atoms with Crippen LogP contribution in [-0.4, -0.2) is 58.5 Å². The van der Waals surface area contributed by atoms with E-state index in [4.69, 9.17) is 14.6 Å². The Morgan fingerprint density at radius 2 is 2.14 bits per heavy atom. The summed E-state index contributed by atoms with van der Waals surface area (Å²) < 4.78 is 11.9. The predicted molar refractivity (Wildman–Crippen MR) is 79.2 cm³/mol. The van der Waals surface area contributed by atoms with Crippen LogP contribution in [0.5, 0.6) is 0 Å². The number of ether oxygens (including phenoxy) is 2. The Kier molecular flexibility index (Phi) is 3.78. The molecule has 120 valence electrons. The fourth-order valence-corrected chi connectivity index (χ4v) is 3.30. The van der Waals surface area contributed by atoms with Gasteiger partial charge in [-0.05, 0) is 26.7 Å². The highest BCUT2D eigenvalue weighted by Gasteiger charge is 2.45. The molecule has 0 bridgehead atoms. The van der Waals surface area contributed by atoms with Gasteiger partial charge in [-0.3, -0.25) is 0 Å². The third kappa shape index (κ3) is 3.05.